The Kier molecular flexibility index (Phi) is 6.97. The molecule has 0 amide bonds. The smallest absolute Gasteiger partial charge is 0.347 e. The second-order valence-electron chi connectivity index (χ2n) is 4.29. The second-order valence-corrected chi connectivity index (χ2v) is 4.29. The normalized spacial score (nSPS) is 11.9. The first kappa shape index (κ1) is 15.5. The van der Waals surface area contributed by atoms with Crippen LogP contribution in [0, 0.1) is 0 Å². The number of hydrogen-bond donors (Lipinski definition) is 1. The van der Waals surface area contributed by atoms with Crippen LogP contribution in [0.4, 0.5) is 0 Å². The van der Waals surface area contributed by atoms with Gasteiger partial charge in [-0.1, -0.05) is 31.5 Å². The summed E-state index contributed by atoms with van der Waals surface area (Å²) in [6.07, 6.45) is 1.71. The summed E-state index contributed by atoms with van der Waals surface area (Å²) in [6.45, 7) is 4.73. The van der Waals surface area contributed by atoms with Crippen LogP contribution in [0.1, 0.15) is 32.3 Å². The summed E-state index contributed by atoms with van der Waals surface area (Å²) in [5, 5.41) is 0. The van der Waals surface area contributed by atoms with Crippen molar-refractivity contribution in [2.75, 3.05) is 13.2 Å². The summed E-state index contributed by atoms with van der Waals surface area (Å²) in [4.78, 5) is 11.8. The lowest BCUT2D eigenvalue weighted by Gasteiger charge is -2.19. The first-order valence-corrected chi connectivity index (χ1v) is 6.84. The van der Waals surface area contributed by atoms with Gasteiger partial charge in [-0.15, -0.1) is 0 Å². The zero-order valence-electron chi connectivity index (χ0n) is 11.7. The van der Waals surface area contributed by atoms with Gasteiger partial charge in [0.1, 0.15) is 5.75 Å². The standard InChI is InChI=1S/C15H23NO3/c1-3-7-14(15(17)18-4-2)19-13-9-6-5-8-12(13)10-11-16/h5-6,8-9,14H,3-4,7,10-11,16H2,1-2H3. The molecular weight excluding hydrogens is 242 g/mol. The molecule has 4 nitrogen and oxygen atoms in total. The fourth-order valence-corrected chi connectivity index (χ4v) is 1.86. The fraction of sp³-hybridized carbons (Fsp3) is 0.533. The molecule has 2 N–H and O–H groups in total. The quantitative estimate of drug-likeness (QED) is 0.733. The van der Waals surface area contributed by atoms with E-state index in [1.807, 2.05) is 31.2 Å². The highest BCUT2D eigenvalue weighted by molar-refractivity contribution is 5.75. The molecule has 0 aliphatic heterocycles. The van der Waals surface area contributed by atoms with E-state index in [4.69, 9.17) is 15.2 Å². The number of carbonyl (C=O) groups excluding carboxylic acids is 1. The molecular formula is C15H23NO3. The minimum atomic E-state index is -0.538. The summed E-state index contributed by atoms with van der Waals surface area (Å²) >= 11 is 0. The number of para-hydroxylation sites is 1. The molecule has 1 unspecified atom stereocenters. The molecule has 0 aliphatic rings. The maximum Gasteiger partial charge on any atom is 0.347 e. The molecule has 1 rings (SSSR count). The van der Waals surface area contributed by atoms with Crippen LogP contribution in [0.3, 0.4) is 0 Å². The number of ether oxygens (including phenoxy) is 2. The molecule has 19 heavy (non-hydrogen) atoms. The van der Waals surface area contributed by atoms with E-state index in [-0.39, 0.29) is 5.97 Å². The summed E-state index contributed by atoms with van der Waals surface area (Å²) in [6, 6.07) is 7.67. The van der Waals surface area contributed by atoms with Crippen LogP contribution in [0.2, 0.25) is 0 Å². The van der Waals surface area contributed by atoms with Crippen molar-refractivity contribution in [3.8, 4) is 5.75 Å². The number of rotatable bonds is 8. The zero-order valence-corrected chi connectivity index (χ0v) is 11.7. The highest BCUT2D eigenvalue weighted by atomic mass is 16.6. The Morgan fingerprint density at radius 1 is 1.32 bits per heavy atom. The number of esters is 1. The summed E-state index contributed by atoms with van der Waals surface area (Å²) < 4.78 is 10.9. The SMILES string of the molecule is CCCC(Oc1ccccc1CCN)C(=O)OCC. The molecule has 4 heteroatoms. The van der Waals surface area contributed by atoms with Gasteiger partial charge in [0.25, 0.3) is 0 Å². The van der Waals surface area contributed by atoms with Gasteiger partial charge in [0, 0.05) is 0 Å². The Bertz CT molecular complexity index is 393. The van der Waals surface area contributed by atoms with Crippen LogP contribution in [-0.4, -0.2) is 25.2 Å². The molecule has 0 saturated heterocycles. The van der Waals surface area contributed by atoms with Crippen molar-refractivity contribution in [1.29, 1.82) is 0 Å². The third kappa shape index (κ3) is 4.91. The monoisotopic (exact) mass is 265 g/mol. The molecule has 1 aromatic rings. The third-order valence-electron chi connectivity index (χ3n) is 2.76. The highest BCUT2D eigenvalue weighted by Crippen LogP contribution is 2.21. The average Bonchev–Trinajstić information content (AvgIpc) is 2.41. The van der Waals surface area contributed by atoms with Crippen LogP contribution in [0.25, 0.3) is 0 Å². The number of nitrogens with two attached hydrogens (primary N) is 1. The lowest BCUT2D eigenvalue weighted by atomic mass is 10.1. The largest absolute Gasteiger partial charge is 0.478 e. The van der Waals surface area contributed by atoms with Crippen LogP contribution >= 0.6 is 0 Å². The van der Waals surface area contributed by atoms with Crippen molar-refractivity contribution in [2.24, 2.45) is 5.73 Å². The molecule has 0 fully saturated rings. The van der Waals surface area contributed by atoms with Crippen molar-refractivity contribution >= 4 is 5.97 Å². The number of benzene rings is 1. The molecule has 0 bridgehead atoms. The molecule has 106 valence electrons. The van der Waals surface area contributed by atoms with Crippen LogP contribution < -0.4 is 10.5 Å². The van der Waals surface area contributed by atoms with E-state index in [2.05, 4.69) is 0 Å². The van der Waals surface area contributed by atoms with E-state index in [0.717, 1.165) is 24.2 Å². The Morgan fingerprint density at radius 2 is 2.05 bits per heavy atom. The highest BCUT2D eigenvalue weighted by Gasteiger charge is 2.21. The van der Waals surface area contributed by atoms with Gasteiger partial charge in [0.15, 0.2) is 6.10 Å². The molecule has 0 spiro atoms. The van der Waals surface area contributed by atoms with Gasteiger partial charge in [-0.3, -0.25) is 0 Å². The Morgan fingerprint density at radius 3 is 2.68 bits per heavy atom. The first-order chi connectivity index (χ1) is 9.22. The van der Waals surface area contributed by atoms with Gasteiger partial charge in [-0.25, -0.2) is 4.79 Å². The first-order valence-electron chi connectivity index (χ1n) is 6.84. The van der Waals surface area contributed by atoms with E-state index >= 15 is 0 Å². The van der Waals surface area contributed by atoms with Gasteiger partial charge in [-0.05, 0) is 37.9 Å². The molecule has 0 aromatic heterocycles. The van der Waals surface area contributed by atoms with Gasteiger partial charge >= 0.3 is 5.97 Å². The Hall–Kier alpha value is -1.55. The van der Waals surface area contributed by atoms with Crippen molar-refractivity contribution in [3.05, 3.63) is 29.8 Å². The lowest BCUT2D eigenvalue weighted by Crippen LogP contribution is -2.29. The van der Waals surface area contributed by atoms with Crippen LogP contribution in [0.15, 0.2) is 24.3 Å². The fourth-order valence-electron chi connectivity index (χ4n) is 1.86. The predicted octanol–water partition coefficient (Wildman–Crippen LogP) is 2.30. The van der Waals surface area contributed by atoms with Crippen molar-refractivity contribution in [1.82, 2.24) is 0 Å². The lowest BCUT2D eigenvalue weighted by molar-refractivity contribution is -0.151. The summed E-state index contributed by atoms with van der Waals surface area (Å²) in [7, 11) is 0. The third-order valence-corrected chi connectivity index (χ3v) is 2.76. The van der Waals surface area contributed by atoms with E-state index in [9.17, 15) is 4.79 Å². The average molecular weight is 265 g/mol. The van der Waals surface area contributed by atoms with Crippen molar-refractivity contribution in [2.45, 2.75) is 39.2 Å². The maximum atomic E-state index is 11.8. The molecule has 0 saturated carbocycles. The summed E-state index contributed by atoms with van der Waals surface area (Å²) in [5.74, 6) is 0.423. The van der Waals surface area contributed by atoms with Gasteiger partial charge in [0.05, 0.1) is 6.61 Å². The van der Waals surface area contributed by atoms with Crippen molar-refractivity contribution < 1.29 is 14.3 Å². The van der Waals surface area contributed by atoms with Crippen molar-refractivity contribution in [3.63, 3.8) is 0 Å². The second kappa shape index (κ2) is 8.53. The minimum absolute atomic E-state index is 0.299. The number of carbonyl (C=O) groups is 1. The van der Waals surface area contributed by atoms with Crippen LogP contribution in [-0.2, 0) is 16.0 Å². The number of hydrogen-bond acceptors (Lipinski definition) is 4. The molecule has 1 aromatic carbocycles. The predicted molar refractivity (Wildman–Crippen MR) is 75.2 cm³/mol. The topological polar surface area (TPSA) is 61.5 Å². The molecule has 0 heterocycles. The Labute approximate surface area is 114 Å². The maximum absolute atomic E-state index is 11.8. The van der Waals surface area contributed by atoms with E-state index in [1.165, 1.54) is 0 Å². The van der Waals surface area contributed by atoms with Gasteiger partial charge < -0.3 is 15.2 Å². The van der Waals surface area contributed by atoms with E-state index < -0.39 is 6.10 Å². The zero-order chi connectivity index (χ0) is 14.1. The van der Waals surface area contributed by atoms with Gasteiger partial charge in [-0.2, -0.15) is 0 Å². The minimum Gasteiger partial charge on any atom is -0.478 e. The summed E-state index contributed by atoms with van der Waals surface area (Å²) in [5.41, 5.74) is 6.60. The molecule has 0 aliphatic carbocycles. The van der Waals surface area contributed by atoms with E-state index in [1.54, 1.807) is 6.92 Å². The van der Waals surface area contributed by atoms with Crippen LogP contribution in [0.5, 0.6) is 5.75 Å². The van der Waals surface area contributed by atoms with Gasteiger partial charge in [0.2, 0.25) is 0 Å². The van der Waals surface area contributed by atoms with E-state index in [0.29, 0.717) is 19.6 Å². The molecule has 0 radical (unpaired) electrons. The molecule has 1 atom stereocenters. The Balaban J connectivity index is 2.80.